The Morgan fingerprint density at radius 3 is 2.60 bits per heavy atom. The standard InChI is InChI=1S/C22H29N3O5/c1-14-9-21(3,4)13-22(10-14)19(28)25(20(29)24-22)11-18(27)30-12-17(26)23-16-8-6-5-7-15(16)2/h5-8,14H,9-13H2,1-4H3,(H,23,26)(H,24,29)/t14-,22+/m0/s1. The minimum Gasteiger partial charge on any atom is -0.454 e. The summed E-state index contributed by atoms with van der Waals surface area (Å²) in [5.41, 5.74) is 0.445. The second kappa shape index (κ2) is 8.08. The van der Waals surface area contributed by atoms with Gasteiger partial charge in [0.1, 0.15) is 12.1 Å². The highest BCUT2D eigenvalue weighted by atomic mass is 16.5. The topological polar surface area (TPSA) is 105 Å². The summed E-state index contributed by atoms with van der Waals surface area (Å²) in [6, 6.07) is 6.64. The fraction of sp³-hybridized carbons (Fsp3) is 0.545. The van der Waals surface area contributed by atoms with Crippen molar-refractivity contribution in [2.24, 2.45) is 11.3 Å². The van der Waals surface area contributed by atoms with E-state index in [1.807, 2.05) is 19.1 Å². The summed E-state index contributed by atoms with van der Waals surface area (Å²) in [4.78, 5) is 50.6. The highest BCUT2D eigenvalue weighted by molar-refractivity contribution is 6.09. The van der Waals surface area contributed by atoms with E-state index in [1.54, 1.807) is 12.1 Å². The molecule has 2 fully saturated rings. The van der Waals surface area contributed by atoms with Crippen LogP contribution in [0.1, 0.15) is 45.6 Å². The van der Waals surface area contributed by atoms with Crippen molar-refractivity contribution in [1.29, 1.82) is 0 Å². The molecule has 0 radical (unpaired) electrons. The highest BCUT2D eigenvalue weighted by Gasteiger charge is 2.56. The lowest BCUT2D eigenvalue weighted by atomic mass is 9.64. The maximum Gasteiger partial charge on any atom is 0.326 e. The Hall–Kier alpha value is -2.90. The Morgan fingerprint density at radius 2 is 1.93 bits per heavy atom. The van der Waals surface area contributed by atoms with Crippen LogP contribution in [0.25, 0.3) is 0 Å². The van der Waals surface area contributed by atoms with E-state index in [0.717, 1.165) is 16.9 Å². The van der Waals surface area contributed by atoms with Gasteiger partial charge in [-0.3, -0.25) is 19.3 Å². The number of imide groups is 1. The molecule has 1 saturated heterocycles. The summed E-state index contributed by atoms with van der Waals surface area (Å²) >= 11 is 0. The zero-order valence-corrected chi connectivity index (χ0v) is 17.9. The summed E-state index contributed by atoms with van der Waals surface area (Å²) in [5.74, 6) is -1.42. The van der Waals surface area contributed by atoms with Crippen LogP contribution in [0.5, 0.6) is 0 Å². The first-order chi connectivity index (χ1) is 14.0. The molecule has 1 aromatic rings. The van der Waals surface area contributed by atoms with Crippen molar-refractivity contribution in [3.8, 4) is 0 Å². The van der Waals surface area contributed by atoms with Crippen LogP contribution in [-0.2, 0) is 19.1 Å². The second-order valence-corrected chi connectivity index (χ2v) is 9.28. The first-order valence-electron chi connectivity index (χ1n) is 10.2. The van der Waals surface area contributed by atoms with Crippen LogP contribution in [0.2, 0.25) is 0 Å². The zero-order chi connectivity index (χ0) is 22.1. The van der Waals surface area contributed by atoms with Crippen LogP contribution in [0.3, 0.4) is 0 Å². The number of nitrogens with zero attached hydrogens (tertiary/aromatic N) is 1. The van der Waals surface area contributed by atoms with Gasteiger partial charge in [-0.25, -0.2) is 4.79 Å². The van der Waals surface area contributed by atoms with Crippen molar-refractivity contribution < 1.29 is 23.9 Å². The number of para-hydroxylation sites is 1. The quantitative estimate of drug-likeness (QED) is 0.568. The van der Waals surface area contributed by atoms with E-state index in [4.69, 9.17) is 4.74 Å². The molecule has 1 saturated carbocycles. The Balaban J connectivity index is 1.56. The first kappa shape index (κ1) is 21.8. The molecule has 30 heavy (non-hydrogen) atoms. The molecule has 1 spiro atoms. The van der Waals surface area contributed by atoms with Crippen LogP contribution in [0, 0.1) is 18.3 Å². The maximum absolute atomic E-state index is 13.0. The van der Waals surface area contributed by atoms with Crippen molar-refractivity contribution >= 4 is 29.5 Å². The number of anilines is 1. The number of esters is 1. The molecule has 4 amide bonds. The number of carbonyl (C=O) groups is 4. The van der Waals surface area contributed by atoms with Gasteiger partial charge in [0.05, 0.1) is 0 Å². The van der Waals surface area contributed by atoms with Gasteiger partial charge in [0.25, 0.3) is 11.8 Å². The highest BCUT2D eigenvalue weighted by Crippen LogP contribution is 2.46. The fourth-order valence-corrected chi connectivity index (χ4v) is 4.87. The molecule has 2 aliphatic rings. The maximum atomic E-state index is 13.0. The van der Waals surface area contributed by atoms with Crippen LogP contribution in [0.4, 0.5) is 10.5 Å². The summed E-state index contributed by atoms with van der Waals surface area (Å²) < 4.78 is 4.99. The summed E-state index contributed by atoms with van der Waals surface area (Å²) in [7, 11) is 0. The third-order valence-electron chi connectivity index (χ3n) is 5.69. The molecule has 8 nitrogen and oxygen atoms in total. The van der Waals surface area contributed by atoms with Crippen LogP contribution >= 0.6 is 0 Å². The molecule has 1 aromatic carbocycles. The van der Waals surface area contributed by atoms with E-state index >= 15 is 0 Å². The minimum atomic E-state index is -0.971. The predicted octanol–water partition coefficient (Wildman–Crippen LogP) is 2.61. The number of rotatable bonds is 5. The minimum absolute atomic E-state index is 0.0925. The van der Waals surface area contributed by atoms with Crippen molar-refractivity contribution in [1.82, 2.24) is 10.2 Å². The van der Waals surface area contributed by atoms with Gasteiger partial charge in [0.2, 0.25) is 0 Å². The molecule has 0 unspecified atom stereocenters. The third-order valence-corrected chi connectivity index (χ3v) is 5.69. The van der Waals surface area contributed by atoms with E-state index in [0.29, 0.717) is 18.5 Å². The number of hydrogen-bond donors (Lipinski definition) is 2. The Morgan fingerprint density at radius 1 is 1.23 bits per heavy atom. The molecule has 2 atom stereocenters. The fourth-order valence-electron chi connectivity index (χ4n) is 4.87. The van der Waals surface area contributed by atoms with Gasteiger partial charge in [-0.2, -0.15) is 0 Å². The van der Waals surface area contributed by atoms with E-state index in [-0.39, 0.29) is 11.3 Å². The Labute approximate surface area is 176 Å². The largest absolute Gasteiger partial charge is 0.454 e. The molecule has 8 heteroatoms. The molecular weight excluding hydrogens is 386 g/mol. The number of benzene rings is 1. The van der Waals surface area contributed by atoms with Crippen molar-refractivity contribution in [3.05, 3.63) is 29.8 Å². The number of amides is 4. The van der Waals surface area contributed by atoms with E-state index in [2.05, 4.69) is 31.4 Å². The normalized spacial score (nSPS) is 25.2. The number of aryl methyl sites for hydroxylation is 1. The third kappa shape index (κ3) is 4.63. The van der Waals surface area contributed by atoms with Gasteiger partial charge in [-0.1, -0.05) is 39.0 Å². The second-order valence-electron chi connectivity index (χ2n) is 9.28. The molecule has 3 rings (SSSR count). The molecular formula is C22H29N3O5. The molecule has 0 bridgehead atoms. The van der Waals surface area contributed by atoms with E-state index < -0.39 is 42.5 Å². The average Bonchev–Trinajstić information content (AvgIpc) is 2.83. The van der Waals surface area contributed by atoms with Gasteiger partial charge in [-0.15, -0.1) is 0 Å². The van der Waals surface area contributed by atoms with Gasteiger partial charge in [-0.05, 0) is 49.1 Å². The SMILES string of the molecule is Cc1ccccc1NC(=O)COC(=O)CN1C(=O)N[C@@]2(C[C@@H](C)CC(C)(C)C2)C1=O. The average molecular weight is 415 g/mol. The van der Waals surface area contributed by atoms with Crippen molar-refractivity contribution in [2.75, 3.05) is 18.5 Å². The first-order valence-corrected chi connectivity index (χ1v) is 10.2. The molecule has 1 aliphatic heterocycles. The number of nitrogens with one attached hydrogen (secondary N) is 2. The van der Waals surface area contributed by atoms with E-state index in [1.165, 1.54) is 0 Å². The Kier molecular flexibility index (Phi) is 5.87. The molecule has 1 heterocycles. The summed E-state index contributed by atoms with van der Waals surface area (Å²) in [5, 5.41) is 5.48. The summed E-state index contributed by atoms with van der Waals surface area (Å²) in [6.07, 6.45) is 2.04. The Bertz CT molecular complexity index is 881. The van der Waals surface area contributed by atoms with Gasteiger partial charge >= 0.3 is 12.0 Å². The smallest absolute Gasteiger partial charge is 0.326 e. The number of urea groups is 1. The monoisotopic (exact) mass is 415 g/mol. The molecule has 2 N–H and O–H groups in total. The number of ether oxygens (including phenoxy) is 1. The van der Waals surface area contributed by atoms with Crippen molar-refractivity contribution in [3.63, 3.8) is 0 Å². The van der Waals surface area contributed by atoms with Gasteiger partial charge in [0.15, 0.2) is 6.61 Å². The predicted molar refractivity (Wildman–Crippen MR) is 111 cm³/mol. The molecule has 0 aromatic heterocycles. The van der Waals surface area contributed by atoms with Crippen molar-refractivity contribution in [2.45, 2.75) is 52.5 Å². The molecule has 162 valence electrons. The lowest BCUT2D eigenvalue weighted by molar-refractivity contribution is -0.150. The van der Waals surface area contributed by atoms with Gasteiger partial charge in [0, 0.05) is 5.69 Å². The van der Waals surface area contributed by atoms with Crippen LogP contribution < -0.4 is 10.6 Å². The van der Waals surface area contributed by atoms with Gasteiger partial charge < -0.3 is 15.4 Å². The zero-order valence-electron chi connectivity index (χ0n) is 17.9. The van der Waals surface area contributed by atoms with E-state index in [9.17, 15) is 19.2 Å². The van der Waals surface area contributed by atoms with Crippen LogP contribution in [0.15, 0.2) is 24.3 Å². The summed E-state index contributed by atoms with van der Waals surface area (Å²) in [6.45, 7) is 7.06. The lowest BCUT2D eigenvalue weighted by Gasteiger charge is -2.43. The lowest BCUT2D eigenvalue weighted by Crippen LogP contribution is -2.54. The van der Waals surface area contributed by atoms with Crippen LogP contribution in [-0.4, -0.2) is 47.4 Å². The number of carbonyl (C=O) groups excluding carboxylic acids is 4. The number of hydrogen-bond acceptors (Lipinski definition) is 5. The molecule has 1 aliphatic carbocycles.